The van der Waals surface area contributed by atoms with Crippen LogP contribution in [0, 0.1) is 13.8 Å². The van der Waals surface area contributed by atoms with Crippen molar-refractivity contribution < 1.29 is 23.4 Å². The molecule has 1 atom stereocenters. The summed E-state index contributed by atoms with van der Waals surface area (Å²) < 4.78 is 23.7. The molecule has 0 N–H and O–H groups in total. The zero-order valence-electron chi connectivity index (χ0n) is 18.6. The van der Waals surface area contributed by atoms with Crippen molar-refractivity contribution in [1.82, 2.24) is 14.8 Å². The molecule has 9 heteroatoms. The maximum atomic E-state index is 12.8. The molecule has 166 valence electrons. The van der Waals surface area contributed by atoms with Gasteiger partial charge in [0, 0.05) is 35.7 Å². The van der Waals surface area contributed by atoms with E-state index in [4.69, 9.17) is 18.6 Å². The van der Waals surface area contributed by atoms with Gasteiger partial charge in [-0.2, -0.15) is 0 Å². The van der Waals surface area contributed by atoms with Gasteiger partial charge in [0.2, 0.25) is 5.89 Å². The topological polar surface area (TPSA) is 88.6 Å². The van der Waals surface area contributed by atoms with Crippen LogP contribution in [-0.2, 0) is 4.74 Å². The number of aromatic nitrogens is 3. The van der Waals surface area contributed by atoms with Crippen LogP contribution in [0.1, 0.15) is 34.7 Å². The highest BCUT2D eigenvalue weighted by atomic mass is 32.2. The fourth-order valence-corrected chi connectivity index (χ4v) is 4.22. The summed E-state index contributed by atoms with van der Waals surface area (Å²) in [5.74, 6) is 1.78. The number of benzene rings is 1. The van der Waals surface area contributed by atoms with Gasteiger partial charge in [0.1, 0.15) is 11.5 Å². The van der Waals surface area contributed by atoms with Gasteiger partial charge in [0.05, 0.1) is 32.6 Å². The lowest BCUT2D eigenvalue weighted by Gasteiger charge is -2.17. The summed E-state index contributed by atoms with van der Waals surface area (Å²) in [6.07, 6.45) is 0. The van der Waals surface area contributed by atoms with E-state index in [0.717, 1.165) is 11.4 Å². The zero-order valence-corrected chi connectivity index (χ0v) is 19.4. The van der Waals surface area contributed by atoms with E-state index in [-0.39, 0.29) is 17.6 Å². The van der Waals surface area contributed by atoms with E-state index in [1.54, 1.807) is 39.5 Å². The summed E-state index contributed by atoms with van der Waals surface area (Å²) in [6.45, 7) is 6.60. The quantitative estimate of drug-likeness (QED) is 0.336. The molecule has 0 aliphatic carbocycles. The number of rotatable bonds is 10. The van der Waals surface area contributed by atoms with E-state index < -0.39 is 0 Å². The maximum Gasteiger partial charge on any atom is 0.277 e. The van der Waals surface area contributed by atoms with Crippen LogP contribution in [0.5, 0.6) is 11.5 Å². The molecule has 2 aromatic heterocycles. The molecule has 0 fully saturated rings. The van der Waals surface area contributed by atoms with Crippen molar-refractivity contribution in [2.24, 2.45) is 0 Å². The summed E-state index contributed by atoms with van der Waals surface area (Å²) in [7, 11) is 4.83. The van der Waals surface area contributed by atoms with Gasteiger partial charge in [-0.05, 0) is 39.0 Å². The van der Waals surface area contributed by atoms with E-state index in [1.165, 1.54) is 11.8 Å². The van der Waals surface area contributed by atoms with Crippen molar-refractivity contribution in [2.45, 2.75) is 32.0 Å². The third-order valence-corrected chi connectivity index (χ3v) is 5.78. The fourth-order valence-electron chi connectivity index (χ4n) is 3.57. The number of carbonyl (C=O) groups is 1. The van der Waals surface area contributed by atoms with Crippen molar-refractivity contribution in [1.29, 1.82) is 0 Å². The standard InChI is InChI=1S/C22H27N3O5S/c1-13-7-19(15(3)25(13)14(2)11-27-4)20(26)12-31-22-24-23-21(30-22)16-8-17(28-5)10-18(9-16)29-6/h7-10,14H,11-12H2,1-6H3. The number of nitrogens with zero attached hydrogens (tertiary/aromatic N) is 3. The first-order chi connectivity index (χ1) is 14.9. The Morgan fingerprint density at radius 3 is 2.39 bits per heavy atom. The Balaban J connectivity index is 1.72. The molecule has 0 saturated heterocycles. The molecule has 8 nitrogen and oxygen atoms in total. The van der Waals surface area contributed by atoms with Crippen LogP contribution in [0.2, 0.25) is 0 Å². The lowest BCUT2D eigenvalue weighted by atomic mass is 10.2. The zero-order chi connectivity index (χ0) is 22.5. The Labute approximate surface area is 185 Å². The van der Waals surface area contributed by atoms with E-state index >= 15 is 0 Å². The number of aryl methyl sites for hydroxylation is 1. The average molecular weight is 446 g/mol. The fraction of sp³-hybridized carbons (Fsp3) is 0.409. The Kier molecular flexibility index (Phi) is 7.40. The second kappa shape index (κ2) is 10.0. The van der Waals surface area contributed by atoms with Crippen LogP contribution in [0.4, 0.5) is 0 Å². The van der Waals surface area contributed by atoms with E-state index in [0.29, 0.717) is 40.3 Å². The van der Waals surface area contributed by atoms with Gasteiger partial charge >= 0.3 is 0 Å². The Morgan fingerprint density at radius 2 is 1.77 bits per heavy atom. The van der Waals surface area contributed by atoms with Gasteiger partial charge in [0.15, 0.2) is 5.78 Å². The van der Waals surface area contributed by atoms with Crippen molar-refractivity contribution >= 4 is 17.5 Å². The summed E-state index contributed by atoms with van der Waals surface area (Å²) in [4.78, 5) is 12.8. The summed E-state index contributed by atoms with van der Waals surface area (Å²) in [6, 6.07) is 7.40. The van der Waals surface area contributed by atoms with Crippen LogP contribution >= 0.6 is 11.8 Å². The number of hydrogen-bond acceptors (Lipinski definition) is 8. The van der Waals surface area contributed by atoms with E-state index in [9.17, 15) is 4.79 Å². The third kappa shape index (κ3) is 5.11. The molecular weight excluding hydrogens is 418 g/mol. The molecule has 31 heavy (non-hydrogen) atoms. The molecule has 0 spiro atoms. The van der Waals surface area contributed by atoms with Gasteiger partial charge in [0.25, 0.3) is 5.22 Å². The summed E-state index contributed by atoms with van der Waals surface area (Å²) >= 11 is 1.21. The van der Waals surface area contributed by atoms with Crippen LogP contribution in [-0.4, -0.2) is 54.2 Å². The SMILES string of the molecule is COCC(C)n1c(C)cc(C(=O)CSc2nnc(-c3cc(OC)cc(OC)c3)o2)c1C. The van der Waals surface area contributed by atoms with Crippen molar-refractivity contribution in [3.8, 4) is 23.0 Å². The molecule has 0 saturated carbocycles. The van der Waals surface area contributed by atoms with Gasteiger partial charge in [-0.1, -0.05) is 11.8 Å². The molecule has 2 heterocycles. The Hall–Kier alpha value is -2.78. The second-order valence-corrected chi connectivity index (χ2v) is 8.07. The van der Waals surface area contributed by atoms with Crippen LogP contribution in [0.3, 0.4) is 0 Å². The molecule has 0 aliphatic heterocycles. The Morgan fingerprint density at radius 1 is 1.10 bits per heavy atom. The minimum absolute atomic E-state index is 0.0109. The molecule has 1 aromatic carbocycles. The largest absolute Gasteiger partial charge is 0.497 e. The van der Waals surface area contributed by atoms with E-state index in [1.807, 2.05) is 19.9 Å². The van der Waals surface area contributed by atoms with Crippen molar-refractivity contribution in [2.75, 3.05) is 33.7 Å². The molecule has 3 rings (SSSR count). The molecule has 0 amide bonds. The number of hydrogen-bond donors (Lipinski definition) is 0. The molecule has 3 aromatic rings. The number of ketones is 1. The average Bonchev–Trinajstić information content (AvgIpc) is 3.36. The minimum Gasteiger partial charge on any atom is -0.497 e. The lowest BCUT2D eigenvalue weighted by molar-refractivity contribution is 0.102. The highest BCUT2D eigenvalue weighted by Crippen LogP contribution is 2.31. The van der Waals surface area contributed by atoms with Gasteiger partial charge < -0.3 is 23.2 Å². The van der Waals surface area contributed by atoms with Gasteiger partial charge in [-0.3, -0.25) is 4.79 Å². The first-order valence-electron chi connectivity index (χ1n) is 9.78. The number of thioether (sulfide) groups is 1. The monoisotopic (exact) mass is 445 g/mol. The minimum atomic E-state index is 0.0109. The first kappa shape index (κ1) is 22.9. The highest BCUT2D eigenvalue weighted by molar-refractivity contribution is 7.99. The normalized spacial score (nSPS) is 12.1. The van der Waals surface area contributed by atoms with Gasteiger partial charge in [-0.25, -0.2) is 0 Å². The smallest absolute Gasteiger partial charge is 0.277 e. The van der Waals surface area contributed by atoms with E-state index in [2.05, 4.69) is 21.7 Å². The van der Waals surface area contributed by atoms with Crippen LogP contribution in [0.15, 0.2) is 33.9 Å². The Bertz CT molecular complexity index is 1040. The van der Waals surface area contributed by atoms with Crippen molar-refractivity contribution in [3.63, 3.8) is 0 Å². The first-order valence-corrected chi connectivity index (χ1v) is 10.8. The highest BCUT2D eigenvalue weighted by Gasteiger charge is 2.20. The number of Topliss-reactive ketones (excluding diaryl/α,β-unsaturated/α-hetero) is 1. The predicted octanol–water partition coefficient (Wildman–Crippen LogP) is 4.35. The molecule has 0 bridgehead atoms. The molecule has 1 unspecified atom stereocenters. The number of methoxy groups -OCH3 is 3. The lowest BCUT2D eigenvalue weighted by Crippen LogP contribution is -2.14. The molecule has 0 radical (unpaired) electrons. The van der Waals surface area contributed by atoms with Gasteiger partial charge in [-0.15, -0.1) is 10.2 Å². The summed E-state index contributed by atoms with van der Waals surface area (Å²) in [5, 5.41) is 8.47. The predicted molar refractivity (Wildman–Crippen MR) is 118 cm³/mol. The molecule has 0 aliphatic rings. The van der Waals surface area contributed by atoms with Crippen LogP contribution in [0.25, 0.3) is 11.5 Å². The number of carbonyl (C=O) groups excluding carboxylic acids is 1. The molecular formula is C22H27N3O5S. The maximum absolute atomic E-state index is 12.8. The van der Waals surface area contributed by atoms with Crippen molar-refractivity contribution in [3.05, 3.63) is 41.2 Å². The van der Waals surface area contributed by atoms with Crippen LogP contribution < -0.4 is 9.47 Å². The second-order valence-electron chi connectivity index (χ2n) is 7.15. The number of ether oxygens (including phenoxy) is 3. The summed E-state index contributed by atoms with van der Waals surface area (Å²) in [5.41, 5.74) is 3.34. The third-order valence-electron chi connectivity index (χ3n) is 4.96.